The Morgan fingerprint density at radius 3 is 2.22 bits per heavy atom. The molecule has 0 aliphatic heterocycles. The van der Waals surface area contributed by atoms with Crippen LogP contribution in [0.3, 0.4) is 0 Å². The van der Waals surface area contributed by atoms with Crippen molar-refractivity contribution >= 4 is 32.5 Å². The van der Waals surface area contributed by atoms with E-state index in [1.807, 2.05) is 6.07 Å². The van der Waals surface area contributed by atoms with Gasteiger partial charge >= 0.3 is 37.9 Å². The predicted molar refractivity (Wildman–Crippen MR) is 115 cm³/mol. The van der Waals surface area contributed by atoms with Crippen LogP contribution in [0.5, 0.6) is 0 Å². The van der Waals surface area contributed by atoms with Gasteiger partial charge in [-0.05, 0) is 19.3 Å². The minimum atomic E-state index is -0.826. The first kappa shape index (κ1) is 24.6. The summed E-state index contributed by atoms with van der Waals surface area (Å²) in [5.74, 6) is -0.266. The van der Waals surface area contributed by atoms with Crippen molar-refractivity contribution in [1.29, 1.82) is 0 Å². The zero-order chi connectivity index (χ0) is 20.1. The normalized spacial score (nSPS) is 13.3. The van der Waals surface area contributed by atoms with Crippen molar-refractivity contribution in [3.05, 3.63) is 65.4 Å². The zero-order valence-electron chi connectivity index (χ0n) is 15.9. The number of carbonyl (C=O) groups is 1. The van der Waals surface area contributed by atoms with Crippen molar-refractivity contribution in [3.63, 3.8) is 0 Å². The minimum Gasteiger partial charge on any atom is -0.668 e. The van der Waals surface area contributed by atoms with Gasteiger partial charge in [0.05, 0.1) is 5.91 Å². The molecule has 27 heavy (non-hydrogen) atoms. The molecule has 2 aliphatic carbocycles. The third-order valence-electron chi connectivity index (χ3n) is 4.34. The molecule has 2 aromatic carbocycles. The molecule has 0 heterocycles. The molecular formula is C21H26Cl2NOSiZr. The summed E-state index contributed by atoms with van der Waals surface area (Å²) in [6.07, 6.45) is 5.27. The fraction of sp³-hybridized carbons (Fsp3) is 0.381. The first-order chi connectivity index (χ1) is 13.1. The summed E-state index contributed by atoms with van der Waals surface area (Å²) in [5.41, 5.74) is 12.2. The van der Waals surface area contributed by atoms with Crippen LogP contribution in [0.1, 0.15) is 36.8 Å². The summed E-state index contributed by atoms with van der Waals surface area (Å²) >= 11 is -0.826. The maximum atomic E-state index is 10.3. The number of rotatable bonds is 1. The SMILES string of the molecule is C[SiH]C.[Cl][Zr+2][Cl].[NH-]C(=O)C1CCCC1.[c-]1cccc2c1Cc1ccccc1-2. The third-order valence-corrected chi connectivity index (χ3v) is 4.34. The van der Waals surface area contributed by atoms with Crippen LogP contribution in [-0.4, -0.2) is 15.4 Å². The van der Waals surface area contributed by atoms with Crippen molar-refractivity contribution in [3.8, 4) is 11.1 Å². The van der Waals surface area contributed by atoms with Gasteiger partial charge in [-0.1, -0.05) is 61.3 Å². The van der Waals surface area contributed by atoms with Crippen LogP contribution in [0, 0.1) is 12.0 Å². The second-order valence-corrected chi connectivity index (χ2v) is 11.3. The summed E-state index contributed by atoms with van der Waals surface area (Å²) in [7, 11) is 10.6. The molecule has 6 heteroatoms. The van der Waals surface area contributed by atoms with E-state index < -0.39 is 20.8 Å². The van der Waals surface area contributed by atoms with Gasteiger partial charge in [-0.15, -0.1) is 5.56 Å². The fourth-order valence-electron chi connectivity index (χ4n) is 3.19. The second kappa shape index (κ2) is 14.6. The van der Waals surface area contributed by atoms with Crippen molar-refractivity contribution in [1.82, 2.24) is 0 Å². The molecule has 0 saturated heterocycles. The van der Waals surface area contributed by atoms with E-state index in [-0.39, 0.29) is 11.8 Å². The van der Waals surface area contributed by atoms with Gasteiger partial charge in [-0.25, -0.2) is 0 Å². The number of hydrogen-bond donors (Lipinski definition) is 0. The summed E-state index contributed by atoms with van der Waals surface area (Å²) in [4.78, 5) is 10.3. The van der Waals surface area contributed by atoms with Gasteiger partial charge in [0.1, 0.15) is 0 Å². The van der Waals surface area contributed by atoms with Crippen LogP contribution >= 0.6 is 17.0 Å². The van der Waals surface area contributed by atoms with Crippen LogP contribution in [0.4, 0.5) is 0 Å². The molecule has 1 radical (unpaired) electrons. The maximum absolute atomic E-state index is 10.3. The fourth-order valence-corrected chi connectivity index (χ4v) is 3.19. The molecule has 2 nitrogen and oxygen atoms in total. The average Bonchev–Trinajstić information content (AvgIpc) is 3.32. The van der Waals surface area contributed by atoms with Crippen molar-refractivity contribution in [2.45, 2.75) is 45.2 Å². The number of halogens is 2. The van der Waals surface area contributed by atoms with Gasteiger partial charge in [0.15, 0.2) is 0 Å². The van der Waals surface area contributed by atoms with Gasteiger partial charge in [-0.2, -0.15) is 29.8 Å². The Kier molecular flexibility index (Phi) is 13.3. The van der Waals surface area contributed by atoms with Crippen LogP contribution in [0.2, 0.25) is 13.1 Å². The molecule has 1 amide bonds. The van der Waals surface area contributed by atoms with E-state index in [9.17, 15) is 4.79 Å². The predicted octanol–water partition coefficient (Wildman–Crippen LogP) is 6.71. The van der Waals surface area contributed by atoms with E-state index in [2.05, 4.69) is 55.6 Å². The van der Waals surface area contributed by atoms with Crippen molar-refractivity contribution < 1.29 is 25.6 Å². The van der Waals surface area contributed by atoms with E-state index >= 15 is 0 Å². The van der Waals surface area contributed by atoms with Crippen LogP contribution in [-0.2, 0) is 32.1 Å². The first-order valence-corrected chi connectivity index (χ1v) is 17.8. The van der Waals surface area contributed by atoms with E-state index in [1.54, 1.807) is 0 Å². The van der Waals surface area contributed by atoms with Gasteiger partial charge < -0.3 is 10.5 Å². The Morgan fingerprint density at radius 1 is 1.11 bits per heavy atom. The number of amides is 1. The Bertz CT molecular complexity index is 648. The molecular weight excluding hydrogens is 472 g/mol. The molecule has 1 saturated carbocycles. The Labute approximate surface area is 184 Å². The maximum Gasteiger partial charge on any atom is 0.0519 e. The van der Waals surface area contributed by atoms with Gasteiger partial charge in [-0.3, -0.25) is 0 Å². The smallest absolute Gasteiger partial charge is 0.0519 e. The van der Waals surface area contributed by atoms with Crippen LogP contribution in [0.25, 0.3) is 16.9 Å². The number of nitrogens with one attached hydrogen (secondary N) is 1. The quantitative estimate of drug-likeness (QED) is 0.272. The van der Waals surface area contributed by atoms with Gasteiger partial charge in [0.25, 0.3) is 0 Å². The third kappa shape index (κ3) is 8.64. The number of hydrogen-bond acceptors (Lipinski definition) is 1. The molecule has 0 unspecified atom stereocenters. The first-order valence-electron chi connectivity index (χ1n) is 9.12. The molecule has 4 rings (SSSR count). The summed E-state index contributed by atoms with van der Waals surface area (Å²) in [5, 5.41) is 0. The van der Waals surface area contributed by atoms with E-state index in [1.165, 1.54) is 22.3 Å². The monoisotopic (exact) mass is 496 g/mol. The number of fused-ring (bicyclic) bond motifs is 3. The Balaban J connectivity index is 0.000000224. The Hall–Kier alpha value is -0.410. The average molecular weight is 499 g/mol. The molecule has 1 fully saturated rings. The van der Waals surface area contributed by atoms with Crippen LogP contribution in [0.15, 0.2) is 42.5 Å². The molecule has 0 spiro atoms. The summed E-state index contributed by atoms with van der Waals surface area (Å²) < 4.78 is 0. The molecule has 0 bridgehead atoms. The molecule has 1 N–H and O–H groups in total. The van der Waals surface area contributed by atoms with E-state index in [0.717, 1.165) is 41.6 Å². The molecule has 143 valence electrons. The standard InChI is InChI=1S/C13H9.C6H11NO.C2H7Si.2ClH.Zr/c1-3-7-12-10(5-1)9-11-6-2-4-8-13(11)12;7-6(8)5-3-1-2-4-5;1-3-2;;;/h1-5,7-8H,9H2;5H,1-4H2,(H2,7,8);3H,1-2H3;2*1H;/q-1;;;;;+4/p-3. The molecule has 0 aromatic heterocycles. The molecule has 2 aliphatic rings. The van der Waals surface area contributed by atoms with Crippen LogP contribution < -0.4 is 0 Å². The minimum absolute atomic E-state index is 0.0926. The second-order valence-electron chi connectivity index (χ2n) is 6.39. The van der Waals surface area contributed by atoms with Crippen molar-refractivity contribution in [2.75, 3.05) is 0 Å². The summed E-state index contributed by atoms with van der Waals surface area (Å²) in [6.45, 7) is 4.42. The number of carbonyl (C=O) groups excluding carboxylic acids is 1. The Morgan fingerprint density at radius 2 is 1.67 bits per heavy atom. The topological polar surface area (TPSA) is 40.9 Å². The molecule has 2 aromatic rings. The van der Waals surface area contributed by atoms with E-state index in [4.69, 9.17) is 22.8 Å². The largest absolute Gasteiger partial charge is 0.668 e. The summed E-state index contributed by atoms with van der Waals surface area (Å²) in [6, 6.07) is 18.1. The van der Waals surface area contributed by atoms with E-state index in [0.29, 0.717) is 0 Å². The van der Waals surface area contributed by atoms with Gasteiger partial charge in [0.2, 0.25) is 0 Å². The molecule has 0 atom stereocenters. The zero-order valence-corrected chi connectivity index (χ0v) is 21.0. The van der Waals surface area contributed by atoms with Gasteiger partial charge in [0, 0.05) is 15.4 Å². The van der Waals surface area contributed by atoms with Crippen molar-refractivity contribution in [2.24, 2.45) is 5.92 Å². The number of benzene rings is 2.